The highest BCUT2D eigenvalue weighted by Gasteiger charge is 2.53. The summed E-state index contributed by atoms with van der Waals surface area (Å²) in [5.41, 5.74) is 4.20. The van der Waals surface area contributed by atoms with E-state index in [1.165, 1.54) is 21.1 Å². The highest BCUT2D eigenvalue weighted by molar-refractivity contribution is 5.77. The minimum Gasteiger partial charge on any atom is -0.507 e. The number of aromatic hydroxyl groups is 3. The summed E-state index contributed by atoms with van der Waals surface area (Å²) in [6, 6.07) is 2.40. The van der Waals surface area contributed by atoms with Crippen LogP contribution < -0.4 is 14.8 Å². The Kier molecular flexibility index (Phi) is 6.07. The van der Waals surface area contributed by atoms with E-state index in [2.05, 4.69) is 16.3 Å². The maximum atomic E-state index is 12.0. The van der Waals surface area contributed by atoms with Gasteiger partial charge in [-0.25, -0.2) is 0 Å². The molecule has 0 unspecified atom stereocenters. The molecule has 2 bridgehead atoms. The van der Waals surface area contributed by atoms with Crippen molar-refractivity contribution in [3.8, 4) is 34.8 Å². The molecule has 1 amide bonds. The number of amides is 1. The van der Waals surface area contributed by atoms with Gasteiger partial charge in [-0.05, 0) is 44.5 Å². The predicted octanol–water partition coefficient (Wildman–Crippen LogP) is 2.77. The van der Waals surface area contributed by atoms with E-state index in [4.69, 9.17) is 9.47 Å². The third kappa shape index (κ3) is 3.38. The number of carbonyl (C=O) groups is 1. The highest BCUT2D eigenvalue weighted by atomic mass is 16.5. The molecule has 38 heavy (non-hydrogen) atoms. The van der Waals surface area contributed by atoms with E-state index in [9.17, 15) is 25.4 Å². The zero-order valence-corrected chi connectivity index (χ0v) is 22.3. The normalized spacial score (nSPS) is 23.4. The van der Waals surface area contributed by atoms with Crippen molar-refractivity contribution in [2.75, 3.05) is 27.8 Å². The number of benzene rings is 2. The monoisotopic (exact) mass is 520 g/mol. The van der Waals surface area contributed by atoms with Crippen molar-refractivity contribution in [3.63, 3.8) is 0 Å². The standard InChI is InChI=1S/C28H32N4O6/c1-12-7-15-8-17-19(10-29)32-18(23(31(17)4)21(15)25(35)27(12)37-5)9-16-22(20(32)11-30-14(3)33)26(36)28(38-6)13(2)24(16)34/h7,9,17,19-20,23,34-36H,8,11H2,1-6H3,(H,30,33)/t17-,19-,20-,23+/m0/s1. The third-order valence-corrected chi connectivity index (χ3v) is 8.20. The van der Waals surface area contributed by atoms with Crippen LogP contribution in [0.5, 0.6) is 28.7 Å². The summed E-state index contributed by atoms with van der Waals surface area (Å²) < 4.78 is 10.9. The first-order valence-electron chi connectivity index (χ1n) is 12.4. The summed E-state index contributed by atoms with van der Waals surface area (Å²) in [4.78, 5) is 16.0. The molecule has 0 spiro atoms. The minimum atomic E-state index is -0.686. The van der Waals surface area contributed by atoms with Crippen LogP contribution in [-0.2, 0) is 11.2 Å². The van der Waals surface area contributed by atoms with Gasteiger partial charge in [0.05, 0.1) is 32.4 Å². The molecule has 4 atom stereocenters. The third-order valence-electron chi connectivity index (χ3n) is 8.20. The largest absolute Gasteiger partial charge is 0.507 e. The molecule has 3 aliphatic heterocycles. The van der Waals surface area contributed by atoms with E-state index in [-0.39, 0.29) is 41.5 Å². The number of piperazine rings is 1. The number of aryl methyl sites for hydroxylation is 1. The van der Waals surface area contributed by atoms with Crippen molar-refractivity contribution in [2.24, 2.45) is 0 Å². The Morgan fingerprint density at radius 3 is 2.39 bits per heavy atom. The van der Waals surface area contributed by atoms with Crippen LogP contribution in [0.25, 0.3) is 6.08 Å². The van der Waals surface area contributed by atoms with Gasteiger partial charge in [-0.3, -0.25) is 9.69 Å². The fraction of sp³-hybridized carbons (Fsp3) is 0.429. The summed E-state index contributed by atoms with van der Waals surface area (Å²) >= 11 is 0. The van der Waals surface area contributed by atoms with Crippen LogP contribution >= 0.6 is 0 Å². The van der Waals surface area contributed by atoms with Crippen LogP contribution in [0.3, 0.4) is 0 Å². The summed E-state index contributed by atoms with van der Waals surface area (Å²) in [5.74, 6) is 0.0846. The van der Waals surface area contributed by atoms with Crippen molar-refractivity contribution >= 4 is 12.0 Å². The number of phenolic OH excluding ortho intramolecular Hbond substituents is 3. The first-order chi connectivity index (χ1) is 18.1. The highest BCUT2D eigenvalue weighted by Crippen LogP contribution is 2.57. The molecule has 1 fully saturated rings. The quantitative estimate of drug-likeness (QED) is 0.448. The summed E-state index contributed by atoms with van der Waals surface area (Å²) in [5, 5.41) is 47.3. The van der Waals surface area contributed by atoms with Gasteiger partial charge in [0.25, 0.3) is 0 Å². The molecular formula is C28H32N4O6. The number of nitriles is 1. The molecule has 3 heterocycles. The first kappa shape index (κ1) is 25.5. The van der Waals surface area contributed by atoms with Crippen molar-refractivity contribution in [3.05, 3.63) is 45.1 Å². The molecule has 5 rings (SSSR count). The van der Waals surface area contributed by atoms with Crippen molar-refractivity contribution < 1.29 is 29.6 Å². The van der Waals surface area contributed by atoms with Crippen LogP contribution in [0.2, 0.25) is 0 Å². The van der Waals surface area contributed by atoms with E-state index >= 15 is 0 Å². The first-order valence-corrected chi connectivity index (χ1v) is 12.4. The van der Waals surface area contributed by atoms with Gasteiger partial charge in [-0.1, -0.05) is 6.07 Å². The molecule has 200 valence electrons. The van der Waals surface area contributed by atoms with Gasteiger partial charge in [-0.2, -0.15) is 5.26 Å². The summed E-state index contributed by atoms with van der Waals surface area (Å²) in [6.45, 7) is 5.00. The maximum Gasteiger partial charge on any atom is 0.216 e. The van der Waals surface area contributed by atoms with E-state index in [0.29, 0.717) is 40.1 Å². The second-order valence-corrected chi connectivity index (χ2v) is 10.2. The number of methoxy groups -OCH3 is 2. The van der Waals surface area contributed by atoms with Crippen molar-refractivity contribution in [1.82, 2.24) is 15.1 Å². The molecule has 2 aromatic carbocycles. The average molecular weight is 521 g/mol. The molecule has 2 aromatic rings. The molecule has 4 N–H and O–H groups in total. The van der Waals surface area contributed by atoms with Gasteiger partial charge in [0.2, 0.25) is 5.91 Å². The van der Waals surface area contributed by atoms with Crippen LogP contribution in [0.15, 0.2) is 11.8 Å². The van der Waals surface area contributed by atoms with E-state index < -0.39 is 18.1 Å². The number of ether oxygens (including phenoxy) is 2. The second kappa shape index (κ2) is 9.03. The van der Waals surface area contributed by atoms with Gasteiger partial charge >= 0.3 is 0 Å². The Morgan fingerprint density at radius 2 is 1.79 bits per heavy atom. The molecule has 0 radical (unpaired) electrons. The molecule has 10 heteroatoms. The van der Waals surface area contributed by atoms with Gasteiger partial charge in [0, 0.05) is 47.5 Å². The SMILES string of the molecule is COc1c(C)cc2c(c1O)[C@H]1C3=Cc4c(O)c(C)c(OC)c(O)c4[C@H](CNC(C)=O)N3[C@@H](C#N)[C@H](C2)N1C. The van der Waals surface area contributed by atoms with Crippen LogP contribution in [0, 0.1) is 25.2 Å². The van der Waals surface area contributed by atoms with Gasteiger partial charge in [0.15, 0.2) is 23.0 Å². The lowest BCUT2D eigenvalue weighted by atomic mass is 9.75. The lowest BCUT2D eigenvalue weighted by Crippen LogP contribution is -2.62. The average Bonchev–Trinajstić information content (AvgIpc) is 2.86. The molecule has 10 nitrogen and oxygen atoms in total. The number of nitrogens with zero attached hydrogens (tertiary/aromatic N) is 3. The Morgan fingerprint density at radius 1 is 1.13 bits per heavy atom. The number of hydrogen-bond donors (Lipinski definition) is 4. The Hall–Kier alpha value is -4.10. The van der Waals surface area contributed by atoms with E-state index in [1.54, 1.807) is 13.0 Å². The van der Waals surface area contributed by atoms with Crippen molar-refractivity contribution in [1.29, 1.82) is 5.26 Å². The van der Waals surface area contributed by atoms with Crippen LogP contribution in [0.4, 0.5) is 0 Å². The lowest BCUT2D eigenvalue weighted by molar-refractivity contribution is -0.119. The molecule has 1 saturated heterocycles. The summed E-state index contributed by atoms with van der Waals surface area (Å²) in [7, 11) is 4.84. The number of rotatable bonds is 4. The molecule has 3 aliphatic rings. The molecule has 0 aliphatic carbocycles. The maximum absolute atomic E-state index is 12.0. The Balaban J connectivity index is 1.84. The van der Waals surface area contributed by atoms with E-state index in [0.717, 1.165) is 11.1 Å². The number of phenols is 3. The molecular weight excluding hydrogens is 488 g/mol. The number of carbonyl (C=O) groups excluding carboxylic acids is 1. The minimum absolute atomic E-state index is 0.0382. The number of fused-ring (bicyclic) bond motifs is 7. The van der Waals surface area contributed by atoms with Crippen LogP contribution in [0.1, 0.15) is 52.4 Å². The number of nitrogens with one attached hydrogen (secondary N) is 1. The lowest BCUT2D eigenvalue weighted by Gasteiger charge is -2.57. The Bertz CT molecular complexity index is 1430. The number of hydrogen-bond acceptors (Lipinski definition) is 9. The second-order valence-electron chi connectivity index (χ2n) is 10.2. The van der Waals surface area contributed by atoms with Crippen LogP contribution in [-0.4, -0.2) is 70.9 Å². The fourth-order valence-corrected chi connectivity index (χ4v) is 6.54. The summed E-state index contributed by atoms with van der Waals surface area (Å²) in [6.07, 6.45) is 2.28. The zero-order chi connectivity index (χ0) is 27.6. The Labute approximate surface area is 221 Å². The van der Waals surface area contributed by atoms with Gasteiger partial charge in [0.1, 0.15) is 11.8 Å². The van der Waals surface area contributed by atoms with Crippen molar-refractivity contribution in [2.45, 2.75) is 51.4 Å². The topological polar surface area (TPSA) is 139 Å². The fourth-order valence-electron chi connectivity index (χ4n) is 6.54. The number of likely N-dealkylation sites (N-methyl/N-ethyl adjacent to an activating group) is 1. The van der Waals surface area contributed by atoms with Gasteiger partial charge < -0.3 is 35.0 Å². The van der Waals surface area contributed by atoms with Gasteiger partial charge in [-0.15, -0.1) is 0 Å². The molecule has 0 aromatic heterocycles. The van der Waals surface area contributed by atoms with E-state index in [1.807, 2.05) is 24.9 Å². The smallest absolute Gasteiger partial charge is 0.216 e. The zero-order valence-electron chi connectivity index (χ0n) is 22.3. The molecule has 0 saturated carbocycles. The predicted molar refractivity (Wildman–Crippen MR) is 139 cm³/mol.